The minimum atomic E-state index is -2.65. The van der Waals surface area contributed by atoms with E-state index in [4.69, 9.17) is 5.73 Å². The summed E-state index contributed by atoms with van der Waals surface area (Å²) in [7, 11) is 6.94. The highest BCUT2D eigenvalue weighted by Crippen LogP contribution is 2.53. The van der Waals surface area contributed by atoms with Crippen LogP contribution in [0.5, 0.6) is 5.75 Å². The lowest BCUT2D eigenvalue weighted by Gasteiger charge is -2.53. The number of primary amides is 1. The van der Waals surface area contributed by atoms with Crippen LogP contribution in [0, 0.1) is 17.8 Å². The van der Waals surface area contributed by atoms with E-state index in [1.165, 1.54) is 0 Å². The van der Waals surface area contributed by atoms with E-state index < -0.39 is 58.7 Å². The molecular weight excluding hydrogens is 454 g/mol. The topological polar surface area (TPSA) is 165 Å². The first-order valence-electron chi connectivity index (χ1n) is 11.7. The van der Waals surface area contributed by atoms with Gasteiger partial charge >= 0.3 is 0 Å². The minimum Gasteiger partial charge on any atom is -0.507 e. The Morgan fingerprint density at radius 3 is 2.34 bits per heavy atom. The fourth-order valence-corrected chi connectivity index (χ4v) is 6.38. The standard InChI is InChI=1S/C25H33N3O7/c1-6-10-9-14(27(2)3)12-7-11-8-13-18(28(4)5)21(31)17(24(26)34)23(33)25(13,35)22(32)15(11)20(30)16(12)19(10)29/h9,11,13,17-18,21,29-31,35H,6-8H2,1-5H3,(H2,26,34)/t11-,13-,17?,18?,21?,25-/m1/s1. The average molecular weight is 488 g/mol. The minimum absolute atomic E-state index is 0.0986. The van der Waals surface area contributed by atoms with Gasteiger partial charge in [-0.05, 0) is 56.5 Å². The summed E-state index contributed by atoms with van der Waals surface area (Å²) >= 11 is 0. The maximum Gasteiger partial charge on any atom is 0.230 e. The second-order valence-corrected chi connectivity index (χ2v) is 10.3. The van der Waals surface area contributed by atoms with Crippen molar-refractivity contribution in [1.82, 2.24) is 4.90 Å². The molecule has 3 aliphatic rings. The number of ketones is 2. The number of aryl methyl sites for hydroxylation is 1. The van der Waals surface area contributed by atoms with Crippen molar-refractivity contribution in [2.45, 2.75) is 43.9 Å². The number of carbonyl (C=O) groups excluding carboxylic acids is 3. The fourth-order valence-electron chi connectivity index (χ4n) is 6.38. The Bertz CT molecular complexity index is 1160. The number of phenolic OH excluding ortho intramolecular Hbond substituents is 1. The summed E-state index contributed by atoms with van der Waals surface area (Å²) < 4.78 is 0. The Labute approximate surface area is 203 Å². The van der Waals surface area contributed by atoms with Crippen molar-refractivity contribution in [2.75, 3.05) is 33.1 Å². The van der Waals surface area contributed by atoms with Crippen LogP contribution in [0.15, 0.2) is 11.6 Å². The van der Waals surface area contributed by atoms with Gasteiger partial charge in [0.25, 0.3) is 0 Å². The molecule has 35 heavy (non-hydrogen) atoms. The highest BCUT2D eigenvalue weighted by molar-refractivity contribution is 6.25. The van der Waals surface area contributed by atoms with Crippen molar-refractivity contribution in [3.05, 3.63) is 28.3 Å². The Morgan fingerprint density at radius 1 is 1.20 bits per heavy atom. The van der Waals surface area contributed by atoms with Crippen molar-refractivity contribution in [1.29, 1.82) is 0 Å². The predicted octanol–water partition coefficient (Wildman–Crippen LogP) is -0.243. The zero-order valence-corrected chi connectivity index (χ0v) is 20.6. The molecule has 0 saturated heterocycles. The van der Waals surface area contributed by atoms with Gasteiger partial charge in [0, 0.05) is 37.3 Å². The number of nitrogens with two attached hydrogens (primary N) is 1. The summed E-state index contributed by atoms with van der Waals surface area (Å²) in [6.07, 6.45) is -0.646. The molecule has 3 unspecified atom stereocenters. The number of likely N-dealkylation sites (N-methyl/N-ethyl adjacent to an activating group) is 1. The van der Waals surface area contributed by atoms with Crippen molar-refractivity contribution in [3.8, 4) is 5.75 Å². The van der Waals surface area contributed by atoms with Gasteiger partial charge in [-0.3, -0.25) is 14.4 Å². The molecule has 2 saturated carbocycles. The van der Waals surface area contributed by atoms with Gasteiger partial charge in [0.15, 0.2) is 11.4 Å². The molecule has 1 aromatic carbocycles. The van der Waals surface area contributed by atoms with Gasteiger partial charge < -0.3 is 36.0 Å². The van der Waals surface area contributed by atoms with E-state index in [2.05, 4.69) is 0 Å². The zero-order chi connectivity index (χ0) is 26.1. The number of benzene rings is 1. The molecule has 1 amide bonds. The molecule has 0 bridgehead atoms. The third-order valence-corrected chi connectivity index (χ3v) is 8.01. The monoisotopic (exact) mass is 487 g/mol. The van der Waals surface area contributed by atoms with Gasteiger partial charge in [-0.1, -0.05) is 6.92 Å². The third-order valence-electron chi connectivity index (χ3n) is 8.01. The fraction of sp³-hybridized carbons (Fsp3) is 0.560. The molecule has 190 valence electrons. The summed E-state index contributed by atoms with van der Waals surface area (Å²) in [5.74, 6) is -7.30. The number of aliphatic hydroxyl groups excluding tert-OH is 2. The van der Waals surface area contributed by atoms with Gasteiger partial charge in [0.2, 0.25) is 11.7 Å². The average Bonchev–Trinajstić information content (AvgIpc) is 2.75. The quantitative estimate of drug-likeness (QED) is 0.360. The van der Waals surface area contributed by atoms with Crippen molar-refractivity contribution in [2.24, 2.45) is 23.5 Å². The van der Waals surface area contributed by atoms with E-state index in [0.29, 0.717) is 17.5 Å². The van der Waals surface area contributed by atoms with E-state index in [-0.39, 0.29) is 29.7 Å². The molecule has 10 nitrogen and oxygen atoms in total. The predicted molar refractivity (Wildman–Crippen MR) is 128 cm³/mol. The number of aliphatic hydroxyl groups is 3. The van der Waals surface area contributed by atoms with Gasteiger partial charge in [0.1, 0.15) is 17.4 Å². The molecule has 0 radical (unpaired) electrons. The van der Waals surface area contributed by atoms with Crippen molar-refractivity contribution >= 4 is 28.9 Å². The molecule has 0 aromatic heterocycles. The number of phenols is 1. The number of hydrogen-bond acceptors (Lipinski definition) is 9. The Kier molecular flexibility index (Phi) is 5.98. The highest BCUT2D eigenvalue weighted by atomic mass is 16.3. The number of carbonyl (C=O) groups is 3. The maximum absolute atomic E-state index is 13.8. The number of aromatic hydroxyl groups is 1. The van der Waals surface area contributed by atoms with Crippen molar-refractivity contribution in [3.63, 3.8) is 0 Å². The summed E-state index contributed by atoms with van der Waals surface area (Å²) in [5.41, 5.74) is 4.75. The zero-order valence-electron chi connectivity index (χ0n) is 20.6. The molecule has 0 heterocycles. The normalized spacial score (nSPS) is 32.3. The summed E-state index contributed by atoms with van der Waals surface area (Å²) in [6.45, 7) is 1.85. The van der Waals surface area contributed by atoms with E-state index in [0.717, 1.165) is 5.69 Å². The molecule has 6 atom stereocenters. The molecule has 3 aliphatic carbocycles. The van der Waals surface area contributed by atoms with Gasteiger partial charge in [-0.25, -0.2) is 0 Å². The summed E-state index contributed by atoms with van der Waals surface area (Å²) in [5, 5.41) is 44.8. The number of Topliss-reactive ketones (excluding diaryl/α,β-unsaturated/α-hetero) is 2. The summed E-state index contributed by atoms with van der Waals surface area (Å²) in [4.78, 5) is 42.7. The Hall–Kier alpha value is -2.95. The smallest absolute Gasteiger partial charge is 0.230 e. The molecule has 2 fully saturated rings. The number of nitrogens with zero attached hydrogens (tertiary/aromatic N) is 2. The van der Waals surface area contributed by atoms with Crippen LogP contribution in [0.1, 0.15) is 30.0 Å². The third kappa shape index (κ3) is 3.30. The largest absolute Gasteiger partial charge is 0.507 e. The van der Waals surface area contributed by atoms with E-state index in [9.17, 15) is 34.8 Å². The first-order chi connectivity index (χ1) is 16.3. The molecule has 10 heteroatoms. The Balaban J connectivity index is 1.96. The van der Waals surface area contributed by atoms with Crippen LogP contribution in [0.2, 0.25) is 0 Å². The lowest BCUT2D eigenvalue weighted by molar-refractivity contribution is -0.184. The van der Waals surface area contributed by atoms with Crippen LogP contribution in [0.3, 0.4) is 0 Å². The number of fused-ring (bicyclic) bond motifs is 3. The lowest BCUT2D eigenvalue weighted by atomic mass is 9.54. The molecule has 6 N–H and O–H groups in total. The molecule has 0 spiro atoms. The molecule has 0 aliphatic heterocycles. The van der Waals surface area contributed by atoms with Gasteiger partial charge in [0.05, 0.1) is 11.7 Å². The van der Waals surface area contributed by atoms with Gasteiger partial charge in [-0.2, -0.15) is 0 Å². The van der Waals surface area contributed by atoms with E-state index >= 15 is 0 Å². The maximum atomic E-state index is 13.8. The molecule has 1 aromatic rings. The number of rotatable bonds is 4. The Morgan fingerprint density at radius 2 is 1.83 bits per heavy atom. The van der Waals surface area contributed by atoms with Crippen molar-refractivity contribution < 1.29 is 34.8 Å². The number of anilines is 1. The number of hydrogen-bond donors (Lipinski definition) is 5. The van der Waals surface area contributed by atoms with Crippen LogP contribution in [-0.4, -0.2) is 88.7 Å². The number of amides is 1. The van der Waals surface area contributed by atoms with Crippen LogP contribution < -0.4 is 10.6 Å². The van der Waals surface area contributed by atoms with Gasteiger partial charge in [-0.15, -0.1) is 0 Å². The first-order valence-corrected chi connectivity index (χ1v) is 11.7. The van der Waals surface area contributed by atoms with E-state index in [1.807, 2.05) is 32.0 Å². The van der Waals surface area contributed by atoms with Crippen LogP contribution in [-0.2, 0) is 27.2 Å². The van der Waals surface area contributed by atoms with E-state index in [1.54, 1.807) is 19.0 Å². The molecular formula is C25H33N3O7. The highest BCUT2D eigenvalue weighted by Gasteiger charge is 2.67. The summed E-state index contributed by atoms with van der Waals surface area (Å²) in [6, 6.07) is 0.940. The second kappa shape index (κ2) is 8.32. The second-order valence-electron chi connectivity index (χ2n) is 10.3. The van der Waals surface area contributed by atoms with Crippen LogP contribution >= 0.6 is 0 Å². The van der Waals surface area contributed by atoms with Crippen LogP contribution in [0.4, 0.5) is 5.69 Å². The SMILES string of the molecule is CCc1cc(N(C)C)c2c(c1O)C(O)=C1C(=O)[C@@]3(O)C(=O)C(C(N)=O)C(O)C(N(C)C)[C@H]3C[C@H]1C2. The lowest BCUT2D eigenvalue weighted by Crippen LogP contribution is -2.73. The molecule has 4 rings (SSSR count). The van der Waals surface area contributed by atoms with Crippen LogP contribution in [0.25, 0.3) is 5.76 Å². The first kappa shape index (κ1) is 25.2.